The van der Waals surface area contributed by atoms with Crippen molar-refractivity contribution in [1.82, 2.24) is 9.95 Å². The van der Waals surface area contributed by atoms with E-state index >= 15 is 0 Å². The molecule has 0 fully saturated rings. The highest BCUT2D eigenvalue weighted by atomic mass is 127. The third kappa shape index (κ3) is 1.77. The lowest BCUT2D eigenvalue weighted by molar-refractivity contribution is 0.373. The SMILES string of the molecule is CCCC1=C(I)N(N)NS1. The molecule has 10 heavy (non-hydrogen) atoms. The molecular weight excluding hydrogens is 261 g/mol. The van der Waals surface area contributed by atoms with E-state index in [0.717, 1.165) is 10.1 Å². The molecule has 0 aromatic heterocycles. The van der Waals surface area contributed by atoms with Crippen LogP contribution in [-0.4, -0.2) is 5.12 Å². The maximum absolute atomic E-state index is 5.53. The average molecular weight is 271 g/mol. The van der Waals surface area contributed by atoms with E-state index in [1.54, 1.807) is 17.1 Å². The van der Waals surface area contributed by atoms with Crippen molar-refractivity contribution in [3.05, 3.63) is 8.61 Å². The van der Waals surface area contributed by atoms with Gasteiger partial charge in [0.15, 0.2) is 0 Å². The maximum Gasteiger partial charge on any atom is 0.120 e. The molecule has 58 valence electrons. The smallest absolute Gasteiger partial charge is 0.120 e. The van der Waals surface area contributed by atoms with E-state index < -0.39 is 0 Å². The molecule has 0 bridgehead atoms. The van der Waals surface area contributed by atoms with E-state index in [1.807, 2.05) is 0 Å². The van der Waals surface area contributed by atoms with Gasteiger partial charge < -0.3 is 0 Å². The molecule has 0 aromatic carbocycles. The zero-order valence-electron chi connectivity index (χ0n) is 5.72. The summed E-state index contributed by atoms with van der Waals surface area (Å²) in [6.45, 7) is 2.16. The summed E-state index contributed by atoms with van der Waals surface area (Å²) >= 11 is 3.85. The molecule has 1 aliphatic heterocycles. The van der Waals surface area contributed by atoms with Gasteiger partial charge in [0.1, 0.15) is 3.70 Å². The zero-order valence-corrected chi connectivity index (χ0v) is 8.70. The van der Waals surface area contributed by atoms with Crippen LogP contribution in [0.2, 0.25) is 0 Å². The number of nitrogens with one attached hydrogen (secondary N) is 1. The van der Waals surface area contributed by atoms with Crippen LogP contribution >= 0.6 is 34.5 Å². The quantitative estimate of drug-likeness (QED) is 0.347. The molecule has 0 saturated heterocycles. The monoisotopic (exact) mass is 271 g/mol. The molecule has 1 heterocycles. The molecule has 0 spiro atoms. The van der Waals surface area contributed by atoms with Crippen molar-refractivity contribution in [1.29, 1.82) is 0 Å². The van der Waals surface area contributed by atoms with E-state index in [9.17, 15) is 0 Å². The molecule has 3 nitrogen and oxygen atoms in total. The minimum atomic E-state index is 1.11. The van der Waals surface area contributed by atoms with Gasteiger partial charge >= 0.3 is 0 Å². The topological polar surface area (TPSA) is 41.3 Å². The molecular formula is C5H10IN3S. The number of hydrogen-bond donors (Lipinski definition) is 2. The van der Waals surface area contributed by atoms with Crippen LogP contribution in [-0.2, 0) is 0 Å². The van der Waals surface area contributed by atoms with Crippen molar-refractivity contribution in [2.45, 2.75) is 19.8 Å². The number of hydrazine groups is 2. The molecule has 1 rings (SSSR count). The van der Waals surface area contributed by atoms with E-state index in [2.05, 4.69) is 34.3 Å². The zero-order chi connectivity index (χ0) is 7.56. The van der Waals surface area contributed by atoms with E-state index in [1.165, 1.54) is 11.3 Å². The minimum Gasteiger partial charge on any atom is -0.231 e. The Morgan fingerprint density at radius 2 is 2.50 bits per heavy atom. The summed E-state index contributed by atoms with van der Waals surface area (Å²) in [6.07, 6.45) is 2.29. The van der Waals surface area contributed by atoms with Gasteiger partial charge in [-0.25, -0.2) is 11.0 Å². The van der Waals surface area contributed by atoms with Crippen LogP contribution in [0.1, 0.15) is 19.8 Å². The molecule has 0 aromatic rings. The van der Waals surface area contributed by atoms with Gasteiger partial charge in [0.2, 0.25) is 0 Å². The molecule has 0 aliphatic carbocycles. The Bertz CT molecular complexity index is 159. The second-order valence-electron chi connectivity index (χ2n) is 2.03. The second-order valence-corrected chi connectivity index (χ2v) is 3.93. The number of allylic oxidation sites excluding steroid dienone is 1. The van der Waals surface area contributed by atoms with Gasteiger partial charge in [0.25, 0.3) is 0 Å². The van der Waals surface area contributed by atoms with Gasteiger partial charge in [0.05, 0.1) is 0 Å². The van der Waals surface area contributed by atoms with Crippen molar-refractivity contribution < 1.29 is 0 Å². The molecule has 0 amide bonds. The number of nitrogens with two attached hydrogens (primary N) is 1. The lowest BCUT2D eigenvalue weighted by Gasteiger charge is -2.07. The molecule has 5 heteroatoms. The summed E-state index contributed by atoms with van der Waals surface area (Å²) < 4.78 is 1.12. The molecule has 0 unspecified atom stereocenters. The lowest BCUT2D eigenvalue weighted by atomic mass is 10.3. The van der Waals surface area contributed by atoms with E-state index in [0.29, 0.717) is 0 Å². The highest BCUT2D eigenvalue weighted by Gasteiger charge is 2.16. The summed E-state index contributed by atoms with van der Waals surface area (Å²) in [4.78, 5) is 4.29. The molecule has 0 radical (unpaired) electrons. The molecule has 0 atom stereocenters. The van der Waals surface area contributed by atoms with Gasteiger partial charge in [-0.3, -0.25) is 0 Å². The van der Waals surface area contributed by atoms with Crippen molar-refractivity contribution in [3.8, 4) is 0 Å². The fourth-order valence-corrected chi connectivity index (χ4v) is 2.37. The van der Waals surface area contributed by atoms with Crippen LogP contribution in [0.25, 0.3) is 0 Å². The fourth-order valence-electron chi connectivity index (χ4n) is 0.702. The van der Waals surface area contributed by atoms with Crippen LogP contribution in [0.3, 0.4) is 0 Å². The Hall–Kier alpha value is 0.540. The Balaban J connectivity index is 2.56. The van der Waals surface area contributed by atoms with Crippen LogP contribution in [0.5, 0.6) is 0 Å². The average Bonchev–Trinajstić information content (AvgIpc) is 2.20. The number of hydrogen-bond acceptors (Lipinski definition) is 4. The standard InChI is InChI=1S/C5H10IN3S/c1-2-3-4-5(6)9(7)8-10-4/h8H,2-3,7H2,1H3. The predicted octanol–water partition coefficient (Wildman–Crippen LogP) is 1.73. The molecule has 1 aliphatic rings. The Kier molecular flexibility index (Phi) is 3.28. The Labute approximate surface area is 78.6 Å². The first-order valence-electron chi connectivity index (χ1n) is 3.11. The van der Waals surface area contributed by atoms with Gasteiger partial charge in [-0.05, 0) is 41.0 Å². The van der Waals surface area contributed by atoms with Crippen LogP contribution in [0.4, 0.5) is 0 Å². The minimum absolute atomic E-state index is 1.11. The predicted molar refractivity (Wildman–Crippen MR) is 52.7 cm³/mol. The van der Waals surface area contributed by atoms with Crippen molar-refractivity contribution in [3.63, 3.8) is 0 Å². The molecule has 0 saturated carbocycles. The summed E-state index contributed by atoms with van der Waals surface area (Å²) in [5.41, 5.74) is 0. The lowest BCUT2D eigenvalue weighted by Crippen LogP contribution is -2.33. The first kappa shape index (κ1) is 8.63. The van der Waals surface area contributed by atoms with E-state index in [4.69, 9.17) is 5.84 Å². The van der Waals surface area contributed by atoms with Gasteiger partial charge in [-0.15, -0.1) is 0 Å². The first-order chi connectivity index (χ1) is 4.75. The van der Waals surface area contributed by atoms with E-state index in [-0.39, 0.29) is 0 Å². The highest BCUT2D eigenvalue weighted by Crippen LogP contribution is 2.32. The Morgan fingerprint density at radius 1 is 1.80 bits per heavy atom. The number of halogens is 1. The maximum atomic E-state index is 5.53. The van der Waals surface area contributed by atoms with Gasteiger partial charge in [-0.1, -0.05) is 13.3 Å². The molecule has 3 N–H and O–H groups in total. The third-order valence-electron chi connectivity index (χ3n) is 1.19. The van der Waals surface area contributed by atoms with Crippen molar-refractivity contribution in [2.75, 3.05) is 0 Å². The summed E-state index contributed by atoms with van der Waals surface area (Å²) in [5.74, 6) is 5.53. The Morgan fingerprint density at radius 3 is 2.90 bits per heavy atom. The van der Waals surface area contributed by atoms with Crippen molar-refractivity contribution in [2.24, 2.45) is 5.84 Å². The van der Waals surface area contributed by atoms with Crippen molar-refractivity contribution >= 4 is 34.5 Å². The third-order valence-corrected chi connectivity index (χ3v) is 3.65. The first-order valence-corrected chi connectivity index (χ1v) is 5.01. The number of nitrogens with zero attached hydrogens (tertiary/aromatic N) is 1. The van der Waals surface area contributed by atoms with Gasteiger partial charge in [0, 0.05) is 4.91 Å². The highest BCUT2D eigenvalue weighted by molar-refractivity contribution is 14.1. The summed E-state index contributed by atoms with van der Waals surface area (Å²) in [5, 5.41) is 1.55. The van der Waals surface area contributed by atoms with Crippen LogP contribution in [0, 0.1) is 0 Å². The summed E-state index contributed by atoms with van der Waals surface area (Å²) in [7, 11) is 0. The normalized spacial score (nSPS) is 18.9. The van der Waals surface area contributed by atoms with Crippen LogP contribution < -0.4 is 10.7 Å². The largest absolute Gasteiger partial charge is 0.231 e. The van der Waals surface area contributed by atoms with Gasteiger partial charge in [-0.2, -0.15) is 4.83 Å². The number of rotatable bonds is 2. The summed E-state index contributed by atoms with van der Waals surface area (Å²) in [6, 6.07) is 0. The van der Waals surface area contributed by atoms with Crippen LogP contribution in [0.15, 0.2) is 8.61 Å². The fraction of sp³-hybridized carbons (Fsp3) is 0.600. The second kappa shape index (κ2) is 3.80.